The van der Waals surface area contributed by atoms with Gasteiger partial charge in [-0.2, -0.15) is 0 Å². The van der Waals surface area contributed by atoms with Crippen LogP contribution in [0.4, 0.5) is 4.39 Å². The van der Waals surface area contributed by atoms with Gasteiger partial charge in [0.05, 0.1) is 19.4 Å². The van der Waals surface area contributed by atoms with Crippen molar-refractivity contribution < 1.29 is 23.1 Å². The maximum Gasteiger partial charge on any atom is 0.287 e. The third-order valence-corrected chi connectivity index (χ3v) is 2.64. The summed E-state index contributed by atoms with van der Waals surface area (Å²) in [4.78, 5) is 23.0. The third kappa shape index (κ3) is 4.93. The van der Waals surface area contributed by atoms with Crippen molar-refractivity contribution in [1.29, 1.82) is 0 Å². The lowest BCUT2D eigenvalue weighted by molar-refractivity contribution is -0.120. The molecule has 0 aliphatic heterocycles. The molecule has 6 nitrogen and oxygen atoms in total. The first kappa shape index (κ1) is 15.6. The van der Waals surface area contributed by atoms with Crippen molar-refractivity contribution in [1.82, 2.24) is 10.6 Å². The molecule has 0 radical (unpaired) electrons. The summed E-state index contributed by atoms with van der Waals surface area (Å²) in [6.45, 7) is 0.271. The second kappa shape index (κ2) is 7.82. The van der Waals surface area contributed by atoms with E-state index in [0.717, 1.165) is 0 Å². The zero-order chi connectivity index (χ0) is 15.8. The molecule has 2 amide bonds. The number of ether oxygens (including phenoxy) is 1. The summed E-state index contributed by atoms with van der Waals surface area (Å²) < 4.78 is 23.1. The molecule has 0 saturated carbocycles. The maximum atomic E-state index is 12.9. The van der Waals surface area contributed by atoms with Gasteiger partial charge in [0.25, 0.3) is 5.91 Å². The Bertz CT molecular complexity index is 628. The van der Waals surface area contributed by atoms with E-state index in [9.17, 15) is 14.0 Å². The largest absolute Gasteiger partial charge is 0.492 e. The molecule has 0 bridgehead atoms. The monoisotopic (exact) mass is 306 g/mol. The molecule has 0 saturated heterocycles. The number of benzene rings is 1. The van der Waals surface area contributed by atoms with E-state index in [1.165, 1.54) is 30.5 Å². The minimum absolute atomic E-state index is 0.141. The van der Waals surface area contributed by atoms with E-state index in [4.69, 9.17) is 9.15 Å². The minimum Gasteiger partial charge on any atom is -0.492 e. The molecule has 0 unspecified atom stereocenters. The van der Waals surface area contributed by atoms with Crippen LogP contribution >= 0.6 is 0 Å². The second-order valence-electron chi connectivity index (χ2n) is 4.32. The van der Waals surface area contributed by atoms with Crippen molar-refractivity contribution in [3.8, 4) is 5.75 Å². The molecular formula is C15H15FN2O4. The zero-order valence-electron chi connectivity index (χ0n) is 11.7. The lowest BCUT2D eigenvalue weighted by atomic mass is 10.3. The number of furan rings is 1. The zero-order valence-corrected chi connectivity index (χ0v) is 11.7. The summed E-state index contributed by atoms with van der Waals surface area (Å²) in [5.74, 6) is -0.677. The van der Waals surface area contributed by atoms with Crippen molar-refractivity contribution in [2.24, 2.45) is 0 Å². The van der Waals surface area contributed by atoms with Gasteiger partial charge in [-0.25, -0.2) is 4.39 Å². The van der Waals surface area contributed by atoms with Gasteiger partial charge in [0.2, 0.25) is 5.91 Å². The SMILES string of the molecule is O=C(CNC(=O)c1ccco1)NCCOc1cccc(F)c1. The van der Waals surface area contributed by atoms with Crippen LogP contribution in [0, 0.1) is 5.82 Å². The van der Waals surface area contributed by atoms with E-state index >= 15 is 0 Å². The lowest BCUT2D eigenvalue weighted by Gasteiger charge is -2.08. The number of carbonyl (C=O) groups excluding carboxylic acids is 2. The summed E-state index contributed by atoms with van der Waals surface area (Å²) in [6, 6.07) is 8.81. The number of rotatable bonds is 7. The van der Waals surface area contributed by atoms with Crippen molar-refractivity contribution in [3.63, 3.8) is 0 Å². The van der Waals surface area contributed by atoms with Crippen molar-refractivity contribution in [2.45, 2.75) is 0 Å². The van der Waals surface area contributed by atoms with Gasteiger partial charge >= 0.3 is 0 Å². The van der Waals surface area contributed by atoms with Gasteiger partial charge in [0.15, 0.2) is 5.76 Å². The Kier molecular flexibility index (Phi) is 5.53. The molecule has 7 heteroatoms. The molecule has 2 rings (SSSR count). The van der Waals surface area contributed by atoms with Crippen LogP contribution in [-0.2, 0) is 4.79 Å². The lowest BCUT2D eigenvalue weighted by Crippen LogP contribution is -2.38. The van der Waals surface area contributed by atoms with E-state index in [0.29, 0.717) is 5.75 Å². The van der Waals surface area contributed by atoms with E-state index in [1.54, 1.807) is 12.1 Å². The first-order valence-electron chi connectivity index (χ1n) is 6.62. The second-order valence-corrected chi connectivity index (χ2v) is 4.32. The average molecular weight is 306 g/mol. The predicted molar refractivity (Wildman–Crippen MR) is 75.9 cm³/mol. The summed E-state index contributed by atoms with van der Waals surface area (Å²) >= 11 is 0. The van der Waals surface area contributed by atoms with Gasteiger partial charge in [-0.15, -0.1) is 0 Å². The highest BCUT2D eigenvalue weighted by Crippen LogP contribution is 2.11. The van der Waals surface area contributed by atoms with Crippen LogP contribution in [0.5, 0.6) is 5.75 Å². The number of hydrogen-bond acceptors (Lipinski definition) is 4. The van der Waals surface area contributed by atoms with Crippen LogP contribution in [-0.4, -0.2) is 31.5 Å². The number of carbonyl (C=O) groups is 2. The fourth-order valence-electron chi connectivity index (χ4n) is 1.63. The minimum atomic E-state index is -0.462. The van der Waals surface area contributed by atoms with Crippen LogP contribution in [0.25, 0.3) is 0 Å². The van der Waals surface area contributed by atoms with Gasteiger partial charge in [0, 0.05) is 6.07 Å². The van der Waals surface area contributed by atoms with Crippen LogP contribution in [0.1, 0.15) is 10.6 Å². The fraction of sp³-hybridized carbons (Fsp3) is 0.200. The molecule has 0 aliphatic carbocycles. The highest BCUT2D eigenvalue weighted by Gasteiger charge is 2.09. The molecule has 1 aromatic heterocycles. The van der Waals surface area contributed by atoms with Crippen molar-refractivity contribution in [2.75, 3.05) is 19.7 Å². The van der Waals surface area contributed by atoms with Crippen LogP contribution < -0.4 is 15.4 Å². The normalized spacial score (nSPS) is 10.0. The Morgan fingerprint density at radius 3 is 2.77 bits per heavy atom. The summed E-state index contributed by atoms with van der Waals surface area (Å²) in [6.07, 6.45) is 1.37. The topological polar surface area (TPSA) is 80.6 Å². The molecule has 2 N–H and O–H groups in total. The number of halogens is 1. The van der Waals surface area contributed by atoms with Gasteiger partial charge in [-0.05, 0) is 24.3 Å². The first-order chi connectivity index (χ1) is 10.6. The summed E-state index contributed by atoms with van der Waals surface area (Å²) in [5.41, 5.74) is 0. The summed E-state index contributed by atoms with van der Waals surface area (Å²) in [5, 5.41) is 4.98. The van der Waals surface area contributed by atoms with E-state index in [-0.39, 0.29) is 37.2 Å². The van der Waals surface area contributed by atoms with Crippen molar-refractivity contribution >= 4 is 11.8 Å². The molecule has 22 heavy (non-hydrogen) atoms. The molecule has 0 spiro atoms. The first-order valence-corrected chi connectivity index (χ1v) is 6.62. The molecule has 0 atom stereocenters. The molecular weight excluding hydrogens is 291 g/mol. The smallest absolute Gasteiger partial charge is 0.287 e. The van der Waals surface area contributed by atoms with Crippen LogP contribution in [0.15, 0.2) is 47.1 Å². The van der Waals surface area contributed by atoms with E-state index in [1.807, 2.05) is 0 Å². The molecule has 116 valence electrons. The van der Waals surface area contributed by atoms with Crippen molar-refractivity contribution in [3.05, 3.63) is 54.2 Å². The van der Waals surface area contributed by atoms with Gasteiger partial charge < -0.3 is 19.8 Å². The molecule has 2 aromatic rings. The number of nitrogens with one attached hydrogen (secondary N) is 2. The highest BCUT2D eigenvalue weighted by atomic mass is 19.1. The molecule has 0 fully saturated rings. The molecule has 1 heterocycles. The Balaban J connectivity index is 1.61. The Morgan fingerprint density at radius 1 is 1.18 bits per heavy atom. The quantitative estimate of drug-likeness (QED) is 0.757. The Morgan fingerprint density at radius 2 is 2.05 bits per heavy atom. The molecule has 1 aromatic carbocycles. The standard InChI is InChI=1S/C15H15FN2O4/c16-11-3-1-4-12(9-11)21-8-6-17-14(19)10-18-15(20)13-5-2-7-22-13/h1-5,7,9H,6,8,10H2,(H,17,19)(H,18,20). The Hall–Kier alpha value is -2.83. The number of amides is 2. The van der Waals surface area contributed by atoms with E-state index in [2.05, 4.69) is 10.6 Å². The van der Waals surface area contributed by atoms with Gasteiger partial charge in [0.1, 0.15) is 18.2 Å². The Labute approximate surface area is 126 Å². The average Bonchev–Trinajstić information content (AvgIpc) is 3.04. The van der Waals surface area contributed by atoms with Crippen LogP contribution in [0.3, 0.4) is 0 Å². The highest BCUT2D eigenvalue weighted by molar-refractivity contribution is 5.94. The molecule has 0 aliphatic rings. The van der Waals surface area contributed by atoms with Crippen LogP contribution in [0.2, 0.25) is 0 Å². The predicted octanol–water partition coefficient (Wildman–Crippen LogP) is 1.34. The fourth-order valence-corrected chi connectivity index (χ4v) is 1.63. The van der Waals surface area contributed by atoms with Gasteiger partial charge in [-0.1, -0.05) is 6.07 Å². The number of hydrogen-bond donors (Lipinski definition) is 2. The summed E-state index contributed by atoms with van der Waals surface area (Å²) in [7, 11) is 0. The van der Waals surface area contributed by atoms with E-state index < -0.39 is 5.91 Å². The maximum absolute atomic E-state index is 12.9. The third-order valence-electron chi connectivity index (χ3n) is 2.64. The van der Waals surface area contributed by atoms with Gasteiger partial charge in [-0.3, -0.25) is 9.59 Å².